The molecule has 142 valence electrons. The summed E-state index contributed by atoms with van der Waals surface area (Å²) in [6.45, 7) is 8.79. The number of nitrogens with one attached hydrogen (secondary N) is 1. The molecule has 1 aromatic carbocycles. The van der Waals surface area contributed by atoms with Crippen molar-refractivity contribution in [3.63, 3.8) is 0 Å². The molecule has 1 aromatic heterocycles. The number of pyridine rings is 1. The molecule has 27 heavy (non-hydrogen) atoms. The predicted molar refractivity (Wildman–Crippen MR) is 109 cm³/mol. The molecule has 0 aliphatic carbocycles. The minimum Gasteiger partial charge on any atom is -0.334 e. The van der Waals surface area contributed by atoms with Gasteiger partial charge in [0.15, 0.2) is 0 Å². The fraction of sp³-hybridized carbons (Fsp3) is 0.364. The molecule has 0 unspecified atom stereocenters. The van der Waals surface area contributed by atoms with Crippen molar-refractivity contribution in [3.05, 3.63) is 71.1 Å². The zero-order valence-electron chi connectivity index (χ0n) is 16.2. The van der Waals surface area contributed by atoms with Crippen LogP contribution in [-0.4, -0.2) is 53.5 Å². The molecule has 1 aliphatic heterocycles. The maximum Gasteiger partial charge on any atom is 0.317 e. The smallest absolute Gasteiger partial charge is 0.317 e. The number of rotatable bonds is 5. The van der Waals surface area contributed by atoms with Gasteiger partial charge in [0, 0.05) is 51.2 Å². The number of hydrogen-bond acceptors (Lipinski definition) is 3. The lowest BCUT2D eigenvalue weighted by atomic mass is 10.1. The molecule has 3 rings (SSSR count). The molecule has 5 heteroatoms. The molecule has 5 nitrogen and oxygen atoms in total. The third-order valence-corrected chi connectivity index (χ3v) is 4.92. The number of amides is 2. The third kappa shape index (κ3) is 5.66. The van der Waals surface area contributed by atoms with E-state index >= 15 is 0 Å². The molecule has 0 saturated carbocycles. The van der Waals surface area contributed by atoms with Crippen LogP contribution < -0.4 is 5.32 Å². The summed E-state index contributed by atoms with van der Waals surface area (Å²) in [7, 11) is 0. The summed E-state index contributed by atoms with van der Waals surface area (Å²) in [5, 5.41) is 3.02. The van der Waals surface area contributed by atoms with E-state index in [0.717, 1.165) is 49.5 Å². The number of hydrogen-bond donors (Lipinski definition) is 1. The average Bonchev–Trinajstić information content (AvgIpc) is 2.68. The summed E-state index contributed by atoms with van der Waals surface area (Å²) < 4.78 is 0. The molecule has 0 spiro atoms. The molecule has 1 N–H and O–H groups in total. The number of aryl methyl sites for hydroxylation is 2. The van der Waals surface area contributed by atoms with Gasteiger partial charge in [-0.1, -0.05) is 42.5 Å². The lowest BCUT2D eigenvalue weighted by Gasteiger charge is -2.34. The highest BCUT2D eigenvalue weighted by Gasteiger charge is 2.20. The second-order valence-electron chi connectivity index (χ2n) is 7.01. The summed E-state index contributed by atoms with van der Waals surface area (Å²) in [5.41, 5.74) is 4.45. The maximum absolute atomic E-state index is 12.4. The topological polar surface area (TPSA) is 48.5 Å². The Balaban J connectivity index is 1.40. The van der Waals surface area contributed by atoms with Crippen molar-refractivity contribution in [3.8, 4) is 0 Å². The highest BCUT2D eigenvalue weighted by molar-refractivity contribution is 5.74. The highest BCUT2D eigenvalue weighted by Crippen LogP contribution is 2.09. The van der Waals surface area contributed by atoms with Crippen LogP contribution in [0.3, 0.4) is 0 Å². The summed E-state index contributed by atoms with van der Waals surface area (Å²) in [5.74, 6) is 0. The van der Waals surface area contributed by atoms with E-state index in [4.69, 9.17) is 0 Å². The van der Waals surface area contributed by atoms with Crippen molar-refractivity contribution in [2.45, 2.75) is 20.4 Å². The molecular formula is C22H28N4O. The first-order valence-corrected chi connectivity index (χ1v) is 9.50. The predicted octanol–water partition coefficient (Wildman–Crippen LogP) is 3.24. The van der Waals surface area contributed by atoms with Crippen LogP contribution >= 0.6 is 0 Å². The zero-order chi connectivity index (χ0) is 19.1. The largest absolute Gasteiger partial charge is 0.334 e. The van der Waals surface area contributed by atoms with E-state index in [2.05, 4.69) is 46.4 Å². The Morgan fingerprint density at radius 1 is 1.15 bits per heavy atom. The molecule has 0 atom stereocenters. The Labute approximate surface area is 161 Å². The quantitative estimate of drug-likeness (QED) is 0.886. The van der Waals surface area contributed by atoms with Crippen LogP contribution in [0.25, 0.3) is 6.08 Å². The Bertz CT molecular complexity index is 780. The van der Waals surface area contributed by atoms with Gasteiger partial charge in [-0.3, -0.25) is 9.88 Å². The minimum atomic E-state index is 0.00875. The second kappa shape index (κ2) is 9.33. The van der Waals surface area contributed by atoms with Gasteiger partial charge >= 0.3 is 6.03 Å². The van der Waals surface area contributed by atoms with Crippen LogP contribution in [-0.2, 0) is 6.54 Å². The number of nitrogens with zero attached hydrogens (tertiary/aromatic N) is 3. The summed E-state index contributed by atoms with van der Waals surface area (Å²) >= 11 is 0. The molecule has 2 aromatic rings. The number of piperazine rings is 1. The molecule has 1 aliphatic rings. The molecule has 1 saturated heterocycles. The van der Waals surface area contributed by atoms with Gasteiger partial charge in [-0.2, -0.15) is 0 Å². The normalized spacial score (nSPS) is 15.3. The van der Waals surface area contributed by atoms with E-state index in [1.54, 1.807) is 0 Å². The van der Waals surface area contributed by atoms with E-state index in [-0.39, 0.29) is 6.03 Å². The second-order valence-corrected chi connectivity index (χ2v) is 7.01. The zero-order valence-corrected chi connectivity index (χ0v) is 16.2. The first kappa shape index (κ1) is 19.1. The third-order valence-electron chi connectivity index (χ3n) is 4.92. The van der Waals surface area contributed by atoms with Gasteiger partial charge in [0.1, 0.15) is 0 Å². The fourth-order valence-corrected chi connectivity index (χ4v) is 3.23. The molecule has 2 amide bonds. The van der Waals surface area contributed by atoms with E-state index in [9.17, 15) is 4.79 Å². The van der Waals surface area contributed by atoms with Gasteiger partial charge < -0.3 is 10.2 Å². The van der Waals surface area contributed by atoms with Crippen LogP contribution in [0.1, 0.15) is 22.4 Å². The molecule has 0 bridgehead atoms. The van der Waals surface area contributed by atoms with Crippen molar-refractivity contribution >= 4 is 12.1 Å². The number of aromatic nitrogens is 1. The Kier molecular flexibility index (Phi) is 6.60. The first-order valence-electron chi connectivity index (χ1n) is 9.50. The standard InChI is InChI=1S/C22H28N4O/c1-18-15-19(2)23-16-21(18)17-24-22(27)26-13-11-25(12-14-26)10-6-9-20-7-4-3-5-8-20/h3-9,15-16H,10-14,17H2,1-2H3,(H,24,27). The van der Waals surface area contributed by atoms with E-state index in [0.29, 0.717) is 6.54 Å². The maximum atomic E-state index is 12.4. The van der Waals surface area contributed by atoms with Gasteiger partial charge in [0.2, 0.25) is 0 Å². The van der Waals surface area contributed by atoms with Gasteiger partial charge in [0.25, 0.3) is 0 Å². The molecule has 1 fully saturated rings. The van der Waals surface area contributed by atoms with E-state index < -0.39 is 0 Å². The summed E-state index contributed by atoms with van der Waals surface area (Å²) in [4.78, 5) is 21.0. The Morgan fingerprint density at radius 2 is 1.89 bits per heavy atom. The SMILES string of the molecule is Cc1cc(C)c(CNC(=O)N2CCN(CC=Cc3ccccc3)CC2)cn1. The number of urea groups is 1. The van der Waals surface area contributed by atoms with E-state index in [1.807, 2.05) is 42.3 Å². The molecule has 2 heterocycles. The number of benzene rings is 1. The Morgan fingerprint density at radius 3 is 2.59 bits per heavy atom. The van der Waals surface area contributed by atoms with Crippen molar-refractivity contribution in [2.75, 3.05) is 32.7 Å². The average molecular weight is 364 g/mol. The lowest BCUT2D eigenvalue weighted by molar-refractivity contribution is 0.146. The minimum absolute atomic E-state index is 0.00875. The molecular weight excluding hydrogens is 336 g/mol. The van der Waals surface area contributed by atoms with Gasteiger partial charge in [-0.25, -0.2) is 4.79 Å². The van der Waals surface area contributed by atoms with Crippen molar-refractivity contribution in [1.29, 1.82) is 0 Å². The van der Waals surface area contributed by atoms with Crippen molar-refractivity contribution in [2.24, 2.45) is 0 Å². The monoisotopic (exact) mass is 364 g/mol. The highest BCUT2D eigenvalue weighted by atomic mass is 16.2. The van der Waals surface area contributed by atoms with Crippen molar-refractivity contribution < 1.29 is 4.79 Å². The number of carbonyl (C=O) groups excluding carboxylic acids is 1. The number of carbonyl (C=O) groups is 1. The van der Waals surface area contributed by atoms with Crippen LogP contribution in [0, 0.1) is 13.8 Å². The van der Waals surface area contributed by atoms with Crippen LogP contribution in [0.4, 0.5) is 4.79 Å². The van der Waals surface area contributed by atoms with Crippen LogP contribution in [0.5, 0.6) is 0 Å². The van der Waals surface area contributed by atoms with Gasteiger partial charge in [-0.05, 0) is 36.6 Å². The summed E-state index contributed by atoms with van der Waals surface area (Å²) in [6, 6.07) is 12.4. The Hall–Kier alpha value is -2.66. The van der Waals surface area contributed by atoms with Gasteiger partial charge in [-0.15, -0.1) is 0 Å². The van der Waals surface area contributed by atoms with Crippen LogP contribution in [0.2, 0.25) is 0 Å². The first-order chi connectivity index (χ1) is 13.1. The molecule has 0 radical (unpaired) electrons. The van der Waals surface area contributed by atoms with Gasteiger partial charge in [0.05, 0.1) is 0 Å². The van der Waals surface area contributed by atoms with Crippen LogP contribution in [0.15, 0.2) is 48.7 Å². The lowest BCUT2D eigenvalue weighted by Crippen LogP contribution is -2.51. The van der Waals surface area contributed by atoms with E-state index in [1.165, 1.54) is 5.56 Å². The fourth-order valence-electron chi connectivity index (χ4n) is 3.23. The summed E-state index contributed by atoms with van der Waals surface area (Å²) in [6.07, 6.45) is 6.19. The van der Waals surface area contributed by atoms with Crippen molar-refractivity contribution in [1.82, 2.24) is 20.1 Å².